The lowest BCUT2D eigenvalue weighted by molar-refractivity contribution is 0.445. The minimum absolute atomic E-state index is 0. The van der Waals surface area contributed by atoms with E-state index in [0.717, 1.165) is 12.1 Å². The first-order valence-electron chi connectivity index (χ1n) is 5.60. The summed E-state index contributed by atoms with van der Waals surface area (Å²) < 4.78 is 38.5. The molecule has 0 saturated heterocycles. The molecule has 0 aliphatic rings. The molecule has 0 aliphatic heterocycles. The minimum Gasteiger partial charge on any atom is -0.370 e. The number of benzene rings is 1. The van der Waals surface area contributed by atoms with Crippen molar-refractivity contribution in [2.24, 2.45) is 10.7 Å². The molecule has 1 rings (SSSR count). The smallest absolute Gasteiger partial charge is 0.194 e. The van der Waals surface area contributed by atoms with Crippen molar-refractivity contribution in [2.45, 2.75) is 26.3 Å². The Kier molecular flexibility index (Phi) is 7.81. The number of rotatable bonds is 4. The molecule has 1 aromatic carbocycles. The Bertz CT molecular complexity index is 427. The third-order valence-electron chi connectivity index (χ3n) is 2.16. The second kappa shape index (κ2) is 8.23. The van der Waals surface area contributed by atoms with Gasteiger partial charge in [-0.1, -0.05) is 0 Å². The van der Waals surface area contributed by atoms with Crippen molar-refractivity contribution >= 4 is 29.9 Å². The van der Waals surface area contributed by atoms with E-state index in [9.17, 15) is 13.2 Å². The van der Waals surface area contributed by atoms with E-state index in [4.69, 9.17) is 5.73 Å². The fraction of sp³-hybridized carbons (Fsp3) is 0.417. The Morgan fingerprint density at radius 2 is 1.79 bits per heavy atom. The zero-order valence-electron chi connectivity index (χ0n) is 10.7. The van der Waals surface area contributed by atoms with Gasteiger partial charge in [0.2, 0.25) is 0 Å². The van der Waals surface area contributed by atoms with Gasteiger partial charge in [-0.2, -0.15) is 0 Å². The fourth-order valence-corrected chi connectivity index (χ4v) is 1.40. The average molecular weight is 387 g/mol. The number of nitrogens with zero attached hydrogens (tertiary/aromatic N) is 1. The molecule has 19 heavy (non-hydrogen) atoms. The highest BCUT2D eigenvalue weighted by Crippen LogP contribution is 2.13. The van der Waals surface area contributed by atoms with Crippen LogP contribution in [0.25, 0.3) is 0 Å². The van der Waals surface area contributed by atoms with E-state index in [2.05, 4.69) is 10.3 Å². The summed E-state index contributed by atoms with van der Waals surface area (Å²) in [6.45, 7) is 4.09. The molecule has 0 heterocycles. The van der Waals surface area contributed by atoms with Crippen LogP contribution in [0.2, 0.25) is 0 Å². The second-order valence-electron chi connectivity index (χ2n) is 4.19. The molecule has 0 amide bonds. The lowest BCUT2D eigenvalue weighted by Gasteiger charge is -2.08. The molecule has 0 aromatic heterocycles. The maximum Gasteiger partial charge on any atom is 0.194 e. The van der Waals surface area contributed by atoms with Gasteiger partial charge in [0.25, 0.3) is 0 Å². The predicted molar refractivity (Wildman–Crippen MR) is 80.2 cm³/mol. The largest absolute Gasteiger partial charge is 0.370 e. The van der Waals surface area contributed by atoms with E-state index < -0.39 is 17.5 Å². The number of nitrogens with two attached hydrogens (primary N) is 1. The van der Waals surface area contributed by atoms with Crippen LogP contribution in [0.5, 0.6) is 0 Å². The number of hydrogen-bond acceptors (Lipinski definition) is 1. The zero-order valence-corrected chi connectivity index (χ0v) is 13.0. The topological polar surface area (TPSA) is 50.4 Å². The van der Waals surface area contributed by atoms with Gasteiger partial charge in [0, 0.05) is 12.6 Å². The van der Waals surface area contributed by atoms with Crippen LogP contribution in [-0.2, 0) is 6.42 Å². The molecule has 0 bridgehead atoms. The minimum atomic E-state index is -1.46. The number of nitrogens with one attached hydrogen (secondary N) is 1. The van der Waals surface area contributed by atoms with E-state index in [1.807, 2.05) is 13.8 Å². The van der Waals surface area contributed by atoms with Crippen LogP contribution in [-0.4, -0.2) is 18.5 Å². The molecule has 0 saturated carbocycles. The van der Waals surface area contributed by atoms with Crippen molar-refractivity contribution in [3.8, 4) is 0 Å². The summed E-state index contributed by atoms with van der Waals surface area (Å²) in [5.74, 6) is -3.57. The van der Waals surface area contributed by atoms with Gasteiger partial charge in [-0.25, -0.2) is 13.2 Å². The molecular formula is C12H17F3IN3. The summed E-state index contributed by atoms with van der Waals surface area (Å²) in [6, 6.07) is 2.08. The molecule has 7 heteroatoms. The summed E-state index contributed by atoms with van der Waals surface area (Å²) in [5.41, 5.74) is 5.89. The highest BCUT2D eigenvalue weighted by atomic mass is 127. The number of halogens is 4. The van der Waals surface area contributed by atoms with Crippen molar-refractivity contribution in [1.82, 2.24) is 5.32 Å². The molecule has 1 aromatic rings. The summed E-state index contributed by atoms with van der Waals surface area (Å²) in [6.07, 6.45) is 0.286. The van der Waals surface area contributed by atoms with E-state index in [1.54, 1.807) is 0 Å². The highest BCUT2D eigenvalue weighted by molar-refractivity contribution is 14.0. The molecular weight excluding hydrogens is 370 g/mol. The van der Waals surface area contributed by atoms with Crippen LogP contribution in [0.1, 0.15) is 19.4 Å². The number of hydrogen-bond donors (Lipinski definition) is 2. The second-order valence-corrected chi connectivity index (χ2v) is 4.19. The lowest BCUT2D eigenvalue weighted by atomic mass is 10.1. The molecule has 3 N–H and O–H groups in total. The summed E-state index contributed by atoms with van der Waals surface area (Å²) in [5, 5.41) is 2.88. The molecule has 0 unspecified atom stereocenters. The number of guanidine groups is 1. The maximum absolute atomic E-state index is 12.9. The Morgan fingerprint density at radius 1 is 1.26 bits per heavy atom. The fourth-order valence-electron chi connectivity index (χ4n) is 1.40. The standard InChI is InChI=1S/C12H16F3N3.HI/c1-7(2)18-12(16)17-4-3-8-5-9(13)11(15)10(14)6-8;/h5-7H,3-4H2,1-2H3,(H3,16,17,18);1H. The van der Waals surface area contributed by atoms with Crippen LogP contribution in [0.3, 0.4) is 0 Å². The summed E-state index contributed by atoms with van der Waals surface area (Å²) in [4.78, 5) is 3.99. The van der Waals surface area contributed by atoms with Gasteiger partial charge in [-0.05, 0) is 38.0 Å². The molecule has 0 aliphatic carbocycles. The van der Waals surface area contributed by atoms with Crippen LogP contribution < -0.4 is 11.1 Å². The van der Waals surface area contributed by atoms with Crippen molar-refractivity contribution in [2.75, 3.05) is 6.54 Å². The van der Waals surface area contributed by atoms with Crippen LogP contribution in [0.4, 0.5) is 13.2 Å². The molecule has 0 fully saturated rings. The van der Waals surface area contributed by atoms with Gasteiger partial charge < -0.3 is 11.1 Å². The molecule has 108 valence electrons. The SMILES string of the molecule is CC(C)NC(N)=NCCc1cc(F)c(F)c(F)c1.I. The van der Waals surface area contributed by atoms with Crippen molar-refractivity contribution < 1.29 is 13.2 Å². The van der Waals surface area contributed by atoms with Crippen LogP contribution in [0.15, 0.2) is 17.1 Å². The molecule has 0 spiro atoms. The normalized spacial score (nSPS) is 11.4. The third kappa shape index (κ3) is 6.13. The Morgan fingerprint density at radius 3 is 2.26 bits per heavy atom. The Hall–Kier alpha value is -0.990. The molecule has 0 radical (unpaired) electrons. The van der Waals surface area contributed by atoms with E-state index in [-0.39, 0.29) is 48.9 Å². The van der Waals surface area contributed by atoms with Crippen molar-refractivity contribution in [3.63, 3.8) is 0 Å². The molecule has 0 atom stereocenters. The zero-order chi connectivity index (χ0) is 13.7. The van der Waals surface area contributed by atoms with Gasteiger partial charge in [0.15, 0.2) is 23.4 Å². The monoisotopic (exact) mass is 387 g/mol. The van der Waals surface area contributed by atoms with E-state index >= 15 is 0 Å². The first-order chi connectivity index (χ1) is 8.40. The Labute approximate surface area is 127 Å². The third-order valence-corrected chi connectivity index (χ3v) is 2.16. The average Bonchev–Trinajstić information content (AvgIpc) is 2.24. The van der Waals surface area contributed by atoms with Gasteiger partial charge in [0.1, 0.15) is 0 Å². The van der Waals surface area contributed by atoms with Gasteiger partial charge in [0.05, 0.1) is 0 Å². The number of aliphatic imine (C=N–C) groups is 1. The van der Waals surface area contributed by atoms with Gasteiger partial charge >= 0.3 is 0 Å². The van der Waals surface area contributed by atoms with Crippen LogP contribution >= 0.6 is 24.0 Å². The lowest BCUT2D eigenvalue weighted by Crippen LogP contribution is -2.36. The Balaban J connectivity index is 0.00000324. The highest BCUT2D eigenvalue weighted by Gasteiger charge is 2.10. The first-order valence-corrected chi connectivity index (χ1v) is 5.60. The first kappa shape index (κ1) is 18.0. The van der Waals surface area contributed by atoms with E-state index in [0.29, 0.717) is 5.56 Å². The quantitative estimate of drug-likeness (QED) is 0.361. The van der Waals surface area contributed by atoms with E-state index in [1.165, 1.54) is 0 Å². The molecule has 3 nitrogen and oxygen atoms in total. The maximum atomic E-state index is 12.9. The summed E-state index contributed by atoms with van der Waals surface area (Å²) in [7, 11) is 0. The van der Waals surface area contributed by atoms with Gasteiger partial charge in [-0.15, -0.1) is 24.0 Å². The summed E-state index contributed by atoms with van der Waals surface area (Å²) >= 11 is 0. The van der Waals surface area contributed by atoms with Gasteiger partial charge in [-0.3, -0.25) is 4.99 Å². The predicted octanol–water partition coefficient (Wildman–Crippen LogP) is 2.58. The van der Waals surface area contributed by atoms with Crippen molar-refractivity contribution in [1.29, 1.82) is 0 Å². The van der Waals surface area contributed by atoms with Crippen molar-refractivity contribution in [3.05, 3.63) is 35.1 Å². The van der Waals surface area contributed by atoms with Crippen LogP contribution in [0, 0.1) is 17.5 Å².